The highest BCUT2D eigenvalue weighted by Gasteiger charge is 2.30. The maximum Gasteiger partial charge on any atom is 0.341 e. The van der Waals surface area contributed by atoms with Crippen molar-refractivity contribution in [2.75, 3.05) is 27.4 Å². The Kier molecular flexibility index (Phi) is 7.73. The van der Waals surface area contributed by atoms with Crippen LogP contribution in [0.3, 0.4) is 0 Å². The molecule has 2 aromatic rings. The largest absolute Gasteiger partial charge is 0.490 e. The average molecular weight is 471 g/mol. The number of carboxylic acids is 1. The van der Waals surface area contributed by atoms with Crippen molar-refractivity contribution in [1.82, 2.24) is 4.90 Å². The molecule has 0 unspecified atom stereocenters. The number of ether oxygens (including phenoxy) is 3. The van der Waals surface area contributed by atoms with Gasteiger partial charge in [-0.15, -0.1) is 0 Å². The zero-order chi connectivity index (χ0) is 24.0. The molecule has 1 saturated heterocycles. The smallest absolute Gasteiger partial charge is 0.341 e. The quantitative estimate of drug-likeness (QED) is 0.460. The number of nitrogens with zero attached hydrogens (tertiary/aromatic N) is 2. The standard InChI is InChI=1S/C23H22N2O7S/c1-4-31-18-11-14(5-10-17(18)32-13-20(26)27)12-19-21(28)25(2)23(33-19)24-16-8-6-15(7-9-16)22(29)30-3/h5-12H,4,13H2,1-3H3,(H,26,27). The number of aliphatic carboxylic acids is 1. The number of methoxy groups -OCH3 is 1. The minimum atomic E-state index is -1.09. The zero-order valence-corrected chi connectivity index (χ0v) is 19.0. The first-order valence-electron chi connectivity index (χ1n) is 9.88. The van der Waals surface area contributed by atoms with Crippen LogP contribution in [0.2, 0.25) is 0 Å². The van der Waals surface area contributed by atoms with E-state index in [1.54, 1.807) is 62.5 Å². The summed E-state index contributed by atoms with van der Waals surface area (Å²) in [6.45, 7) is 1.68. The van der Waals surface area contributed by atoms with Crippen molar-refractivity contribution in [2.24, 2.45) is 4.99 Å². The summed E-state index contributed by atoms with van der Waals surface area (Å²) in [5, 5.41) is 9.31. The summed E-state index contributed by atoms with van der Waals surface area (Å²) in [7, 11) is 2.94. The summed E-state index contributed by atoms with van der Waals surface area (Å²) >= 11 is 1.22. The Morgan fingerprint density at radius 1 is 1.12 bits per heavy atom. The predicted molar refractivity (Wildman–Crippen MR) is 124 cm³/mol. The highest BCUT2D eigenvalue weighted by molar-refractivity contribution is 8.18. The number of amidine groups is 1. The number of benzene rings is 2. The van der Waals surface area contributed by atoms with Crippen LogP contribution >= 0.6 is 11.8 Å². The molecule has 0 radical (unpaired) electrons. The van der Waals surface area contributed by atoms with Crippen LogP contribution in [0, 0.1) is 0 Å². The summed E-state index contributed by atoms with van der Waals surface area (Å²) in [4.78, 5) is 41.5. The van der Waals surface area contributed by atoms with Gasteiger partial charge in [-0.05, 0) is 66.7 Å². The van der Waals surface area contributed by atoms with Gasteiger partial charge in [0.05, 0.1) is 29.9 Å². The van der Waals surface area contributed by atoms with E-state index in [0.717, 1.165) is 0 Å². The van der Waals surface area contributed by atoms with Gasteiger partial charge in [-0.25, -0.2) is 14.6 Å². The first-order chi connectivity index (χ1) is 15.8. The van der Waals surface area contributed by atoms with E-state index >= 15 is 0 Å². The third-order valence-corrected chi connectivity index (χ3v) is 5.49. The molecule has 0 saturated carbocycles. The predicted octanol–water partition coefficient (Wildman–Crippen LogP) is 3.57. The number of likely N-dealkylation sites (N-methyl/N-ethyl adjacent to an activating group) is 1. The third-order valence-electron chi connectivity index (χ3n) is 4.43. The van der Waals surface area contributed by atoms with Gasteiger partial charge in [-0.3, -0.25) is 9.69 Å². The van der Waals surface area contributed by atoms with Gasteiger partial charge >= 0.3 is 11.9 Å². The molecule has 33 heavy (non-hydrogen) atoms. The third kappa shape index (κ3) is 5.92. The van der Waals surface area contributed by atoms with Gasteiger partial charge in [-0.2, -0.15) is 0 Å². The molecular formula is C23H22N2O7S. The van der Waals surface area contributed by atoms with E-state index in [-0.39, 0.29) is 5.91 Å². The lowest BCUT2D eigenvalue weighted by Gasteiger charge is -2.11. The van der Waals surface area contributed by atoms with E-state index in [9.17, 15) is 14.4 Å². The molecule has 0 atom stereocenters. The number of hydrogen-bond donors (Lipinski definition) is 1. The molecule has 1 aliphatic rings. The molecule has 1 fully saturated rings. The Balaban J connectivity index is 1.82. The van der Waals surface area contributed by atoms with Crippen molar-refractivity contribution in [3.8, 4) is 11.5 Å². The van der Waals surface area contributed by atoms with Crippen LogP contribution in [0.25, 0.3) is 6.08 Å². The second-order valence-electron chi connectivity index (χ2n) is 6.73. The minimum Gasteiger partial charge on any atom is -0.490 e. The molecule has 0 aromatic heterocycles. The molecule has 1 aliphatic heterocycles. The van der Waals surface area contributed by atoms with Crippen molar-refractivity contribution in [1.29, 1.82) is 0 Å². The minimum absolute atomic E-state index is 0.214. The highest BCUT2D eigenvalue weighted by Crippen LogP contribution is 2.35. The Labute approximate surface area is 194 Å². The van der Waals surface area contributed by atoms with Gasteiger partial charge in [0.2, 0.25) is 0 Å². The van der Waals surface area contributed by atoms with Crippen molar-refractivity contribution < 1.29 is 33.7 Å². The van der Waals surface area contributed by atoms with Crippen LogP contribution in [-0.4, -0.2) is 60.4 Å². The van der Waals surface area contributed by atoms with Crippen molar-refractivity contribution in [3.63, 3.8) is 0 Å². The topological polar surface area (TPSA) is 115 Å². The summed E-state index contributed by atoms with van der Waals surface area (Å²) in [6.07, 6.45) is 1.70. The van der Waals surface area contributed by atoms with Crippen LogP contribution in [0.15, 0.2) is 52.4 Å². The molecule has 2 aromatic carbocycles. The van der Waals surface area contributed by atoms with Gasteiger partial charge in [0.25, 0.3) is 5.91 Å². The SMILES string of the molecule is CCOc1cc(C=C2SC(=Nc3ccc(C(=O)OC)cc3)N(C)C2=O)ccc1OCC(=O)O. The van der Waals surface area contributed by atoms with Crippen LogP contribution in [0.1, 0.15) is 22.8 Å². The summed E-state index contributed by atoms with van der Waals surface area (Å²) < 4.78 is 15.5. The number of amides is 1. The number of thioether (sulfide) groups is 1. The normalized spacial score (nSPS) is 15.7. The Morgan fingerprint density at radius 2 is 1.85 bits per heavy atom. The fourth-order valence-electron chi connectivity index (χ4n) is 2.84. The number of hydrogen-bond acceptors (Lipinski definition) is 8. The van der Waals surface area contributed by atoms with Gasteiger partial charge < -0.3 is 19.3 Å². The van der Waals surface area contributed by atoms with E-state index in [0.29, 0.717) is 45.0 Å². The lowest BCUT2D eigenvalue weighted by molar-refractivity contribution is -0.139. The fourth-order valence-corrected chi connectivity index (χ4v) is 3.83. The van der Waals surface area contributed by atoms with Crippen LogP contribution < -0.4 is 9.47 Å². The van der Waals surface area contributed by atoms with E-state index in [2.05, 4.69) is 9.73 Å². The molecule has 172 valence electrons. The molecule has 1 amide bonds. The second-order valence-corrected chi connectivity index (χ2v) is 7.74. The second kappa shape index (κ2) is 10.7. The van der Waals surface area contributed by atoms with E-state index in [1.165, 1.54) is 23.8 Å². The van der Waals surface area contributed by atoms with E-state index in [1.807, 2.05) is 0 Å². The highest BCUT2D eigenvalue weighted by atomic mass is 32.2. The molecule has 1 N–H and O–H groups in total. The number of carbonyl (C=O) groups is 3. The Morgan fingerprint density at radius 3 is 2.48 bits per heavy atom. The van der Waals surface area contributed by atoms with Gasteiger partial charge in [0, 0.05) is 7.05 Å². The lowest BCUT2D eigenvalue weighted by Crippen LogP contribution is -2.23. The van der Waals surface area contributed by atoms with E-state index in [4.69, 9.17) is 14.6 Å². The molecule has 10 heteroatoms. The Bertz CT molecular complexity index is 1130. The van der Waals surface area contributed by atoms with Gasteiger partial charge in [0.1, 0.15) is 0 Å². The number of carbonyl (C=O) groups excluding carboxylic acids is 2. The first kappa shape index (κ1) is 23.9. The molecule has 3 rings (SSSR count). The summed E-state index contributed by atoms with van der Waals surface area (Å²) in [6, 6.07) is 11.5. The van der Waals surface area contributed by atoms with Crippen molar-refractivity contribution in [3.05, 3.63) is 58.5 Å². The number of aliphatic imine (C=N–C) groups is 1. The average Bonchev–Trinajstić information content (AvgIpc) is 3.06. The fraction of sp³-hybridized carbons (Fsp3) is 0.217. The molecule has 0 bridgehead atoms. The Hall–Kier alpha value is -3.79. The monoisotopic (exact) mass is 470 g/mol. The molecular weight excluding hydrogens is 448 g/mol. The first-order valence-corrected chi connectivity index (χ1v) is 10.7. The molecule has 9 nitrogen and oxygen atoms in total. The summed E-state index contributed by atoms with van der Waals surface area (Å²) in [5.74, 6) is -1.05. The zero-order valence-electron chi connectivity index (χ0n) is 18.2. The lowest BCUT2D eigenvalue weighted by atomic mass is 10.2. The molecule has 0 aliphatic carbocycles. The van der Waals surface area contributed by atoms with Crippen molar-refractivity contribution in [2.45, 2.75) is 6.92 Å². The number of esters is 1. The van der Waals surface area contributed by atoms with Crippen LogP contribution in [0.4, 0.5) is 5.69 Å². The maximum atomic E-state index is 12.7. The van der Waals surface area contributed by atoms with Gasteiger partial charge in [-0.1, -0.05) is 6.07 Å². The van der Waals surface area contributed by atoms with Crippen LogP contribution in [-0.2, 0) is 14.3 Å². The summed E-state index contributed by atoms with van der Waals surface area (Å²) in [5.41, 5.74) is 1.69. The van der Waals surface area contributed by atoms with E-state index < -0.39 is 18.5 Å². The number of carboxylic acid groups (broad SMARTS) is 1. The molecule has 0 spiro atoms. The van der Waals surface area contributed by atoms with Crippen LogP contribution in [0.5, 0.6) is 11.5 Å². The maximum absolute atomic E-state index is 12.7. The number of rotatable bonds is 8. The molecule has 1 heterocycles. The van der Waals surface area contributed by atoms with Gasteiger partial charge in [0.15, 0.2) is 23.3 Å². The van der Waals surface area contributed by atoms with Crippen molar-refractivity contribution >= 4 is 46.5 Å².